The second-order valence-corrected chi connectivity index (χ2v) is 8.98. The molecule has 0 unspecified atom stereocenters. The third-order valence-corrected chi connectivity index (χ3v) is 6.88. The molecule has 2 amide bonds. The molecule has 3 aromatic carbocycles. The molecule has 1 atom stereocenters. The average molecular weight is 475 g/mol. The third kappa shape index (κ3) is 4.53. The maximum absolute atomic E-state index is 13.1. The number of amides is 2. The number of aliphatic hydroxyl groups is 1. The SMILES string of the molecule is O=C1c2cccc3cccc(c23)C(=O)N1CCN1CCN(C[C@@H](O)c2ccc([N+](=O)[O-])cc2)CC1. The van der Waals surface area contributed by atoms with E-state index in [0.717, 1.165) is 37.0 Å². The number of carbonyl (C=O) groups is 2. The molecule has 5 rings (SSSR count). The first-order valence-electron chi connectivity index (χ1n) is 11.7. The molecule has 35 heavy (non-hydrogen) atoms. The van der Waals surface area contributed by atoms with Gasteiger partial charge in [0.05, 0.1) is 11.0 Å². The van der Waals surface area contributed by atoms with Gasteiger partial charge in [0.15, 0.2) is 0 Å². The molecular weight excluding hydrogens is 448 g/mol. The van der Waals surface area contributed by atoms with Crippen molar-refractivity contribution in [2.24, 2.45) is 0 Å². The first-order valence-corrected chi connectivity index (χ1v) is 11.7. The standard InChI is InChI=1S/C26H26N4O5/c31-23(18-7-9-20(10-8-18)30(34)35)17-28-13-11-27(12-14-28)15-16-29-25(32)21-5-1-3-19-4-2-6-22(24(19)21)26(29)33/h1-10,23,31H,11-17H2/t23-/m1/s1. The van der Waals surface area contributed by atoms with Crippen molar-refractivity contribution in [3.63, 3.8) is 0 Å². The molecule has 1 fully saturated rings. The highest BCUT2D eigenvalue weighted by Crippen LogP contribution is 2.30. The Kier molecular flexibility index (Phi) is 6.29. The molecule has 1 saturated heterocycles. The minimum atomic E-state index is -0.728. The van der Waals surface area contributed by atoms with Crippen LogP contribution < -0.4 is 0 Å². The maximum Gasteiger partial charge on any atom is 0.269 e. The quantitative estimate of drug-likeness (QED) is 0.319. The molecule has 3 aromatic rings. The van der Waals surface area contributed by atoms with Gasteiger partial charge in [0.1, 0.15) is 0 Å². The minimum absolute atomic E-state index is 0.000374. The number of aliphatic hydroxyl groups excluding tert-OH is 1. The lowest BCUT2D eigenvalue weighted by atomic mass is 9.94. The Hall–Kier alpha value is -3.66. The fourth-order valence-corrected chi connectivity index (χ4v) is 4.89. The van der Waals surface area contributed by atoms with Crippen LogP contribution in [0.15, 0.2) is 60.7 Å². The number of nitro groups is 1. The fourth-order valence-electron chi connectivity index (χ4n) is 4.89. The zero-order valence-electron chi connectivity index (χ0n) is 19.2. The van der Waals surface area contributed by atoms with E-state index in [2.05, 4.69) is 9.80 Å². The molecule has 0 spiro atoms. The van der Waals surface area contributed by atoms with Gasteiger partial charge < -0.3 is 5.11 Å². The highest BCUT2D eigenvalue weighted by Gasteiger charge is 2.33. The van der Waals surface area contributed by atoms with Crippen molar-refractivity contribution >= 4 is 28.3 Å². The molecule has 0 aromatic heterocycles. The summed E-state index contributed by atoms with van der Waals surface area (Å²) in [5.74, 6) is -0.492. The number of nitro benzene ring substituents is 1. The summed E-state index contributed by atoms with van der Waals surface area (Å²) in [5, 5.41) is 23.0. The van der Waals surface area contributed by atoms with Crippen molar-refractivity contribution in [2.75, 3.05) is 45.8 Å². The first-order chi connectivity index (χ1) is 16.9. The van der Waals surface area contributed by atoms with Gasteiger partial charge in [-0.15, -0.1) is 0 Å². The highest BCUT2D eigenvalue weighted by atomic mass is 16.6. The lowest BCUT2D eigenvalue weighted by molar-refractivity contribution is -0.384. The van der Waals surface area contributed by atoms with E-state index < -0.39 is 11.0 Å². The zero-order valence-corrected chi connectivity index (χ0v) is 19.2. The van der Waals surface area contributed by atoms with Gasteiger partial charge in [-0.2, -0.15) is 0 Å². The van der Waals surface area contributed by atoms with Crippen LogP contribution in [-0.4, -0.2) is 82.4 Å². The summed E-state index contributed by atoms with van der Waals surface area (Å²) in [6.45, 7) is 4.37. The summed E-state index contributed by atoms with van der Waals surface area (Å²) in [6.07, 6.45) is -0.728. The van der Waals surface area contributed by atoms with Crippen molar-refractivity contribution in [3.8, 4) is 0 Å². The van der Waals surface area contributed by atoms with Gasteiger partial charge in [-0.05, 0) is 35.2 Å². The molecule has 0 bridgehead atoms. The predicted molar refractivity (Wildman–Crippen MR) is 130 cm³/mol. The summed E-state index contributed by atoms with van der Waals surface area (Å²) < 4.78 is 0. The molecule has 0 radical (unpaired) electrons. The number of hydrogen-bond donors (Lipinski definition) is 1. The Bertz CT molecular complexity index is 1230. The van der Waals surface area contributed by atoms with Gasteiger partial charge in [0.25, 0.3) is 17.5 Å². The van der Waals surface area contributed by atoms with Crippen LogP contribution in [0.25, 0.3) is 10.8 Å². The Morgan fingerprint density at radius 3 is 1.97 bits per heavy atom. The summed E-state index contributed by atoms with van der Waals surface area (Å²) in [7, 11) is 0. The Morgan fingerprint density at radius 2 is 1.40 bits per heavy atom. The van der Waals surface area contributed by atoms with Gasteiger partial charge >= 0.3 is 0 Å². The van der Waals surface area contributed by atoms with Crippen LogP contribution in [0, 0.1) is 10.1 Å². The highest BCUT2D eigenvalue weighted by molar-refractivity contribution is 6.25. The molecule has 180 valence electrons. The summed E-state index contributed by atoms with van der Waals surface area (Å²) in [4.78, 5) is 42.2. The van der Waals surface area contributed by atoms with E-state index in [9.17, 15) is 24.8 Å². The summed E-state index contributed by atoms with van der Waals surface area (Å²) in [6, 6.07) is 17.1. The fraction of sp³-hybridized carbons (Fsp3) is 0.308. The summed E-state index contributed by atoms with van der Waals surface area (Å²) >= 11 is 0. The molecule has 2 aliphatic rings. The molecule has 0 aliphatic carbocycles. The molecule has 0 saturated carbocycles. The lowest BCUT2D eigenvalue weighted by Crippen LogP contribution is -2.50. The monoisotopic (exact) mass is 474 g/mol. The first kappa shape index (κ1) is 23.1. The van der Waals surface area contributed by atoms with Gasteiger partial charge in [-0.3, -0.25) is 34.4 Å². The second kappa shape index (κ2) is 9.53. The number of benzene rings is 3. The van der Waals surface area contributed by atoms with E-state index in [1.54, 1.807) is 24.3 Å². The Labute approximate surface area is 202 Å². The van der Waals surface area contributed by atoms with Crippen LogP contribution in [-0.2, 0) is 0 Å². The van der Waals surface area contributed by atoms with E-state index in [1.165, 1.54) is 17.0 Å². The van der Waals surface area contributed by atoms with Crippen molar-refractivity contribution in [2.45, 2.75) is 6.10 Å². The normalized spacial score (nSPS) is 17.7. The second-order valence-electron chi connectivity index (χ2n) is 8.98. The van der Waals surface area contributed by atoms with Crippen LogP contribution >= 0.6 is 0 Å². The van der Waals surface area contributed by atoms with Crippen LogP contribution in [0.5, 0.6) is 0 Å². The van der Waals surface area contributed by atoms with E-state index in [-0.39, 0.29) is 17.5 Å². The van der Waals surface area contributed by atoms with E-state index in [0.29, 0.717) is 36.3 Å². The number of hydrogen-bond acceptors (Lipinski definition) is 7. The van der Waals surface area contributed by atoms with Crippen molar-refractivity contribution in [3.05, 3.63) is 87.5 Å². The Morgan fingerprint density at radius 1 is 0.829 bits per heavy atom. The number of non-ortho nitro benzene ring substituents is 1. The number of piperazine rings is 1. The van der Waals surface area contributed by atoms with E-state index in [4.69, 9.17) is 0 Å². The van der Waals surface area contributed by atoms with Crippen molar-refractivity contribution in [1.82, 2.24) is 14.7 Å². The lowest BCUT2D eigenvalue weighted by Gasteiger charge is -2.36. The van der Waals surface area contributed by atoms with E-state index in [1.807, 2.05) is 24.3 Å². The van der Waals surface area contributed by atoms with Gasteiger partial charge in [-0.1, -0.05) is 24.3 Å². The topological polar surface area (TPSA) is 107 Å². The number of β-amino-alcohol motifs (C(OH)–C–C–N with tert-alkyl or cyclic N) is 1. The van der Waals surface area contributed by atoms with Crippen LogP contribution in [0.3, 0.4) is 0 Å². The van der Waals surface area contributed by atoms with Gasteiger partial charge in [0, 0.05) is 74.5 Å². The number of carbonyl (C=O) groups excluding carboxylic acids is 2. The number of rotatable bonds is 7. The largest absolute Gasteiger partial charge is 0.387 e. The molecule has 9 nitrogen and oxygen atoms in total. The molecule has 2 aliphatic heterocycles. The third-order valence-electron chi connectivity index (χ3n) is 6.88. The Balaban J connectivity index is 1.15. The zero-order chi connectivity index (χ0) is 24.5. The number of imide groups is 1. The molecule has 9 heteroatoms. The van der Waals surface area contributed by atoms with Crippen molar-refractivity contribution in [1.29, 1.82) is 0 Å². The maximum atomic E-state index is 13.1. The molecule has 1 N–H and O–H groups in total. The van der Waals surface area contributed by atoms with Crippen molar-refractivity contribution < 1.29 is 19.6 Å². The van der Waals surface area contributed by atoms with Crippen LogP contribution in [0.1, 0.15) is 32.4 Å². The van der Waals surface area contributed by atoms with E-state index >= 15 is 0 Å². The predicted octanol–water partition coefficient (Wildman–Crippen LogP) is 2.70. The van der Waals surface area contributed by atoms with Crippen LogP contribution in [0.4, 0.5) is 5.69 Å². The average Bonchev–Trinajstić information content (AvgIpc) is 2.88. The van der Waals surface area contributed by atoms with Gasteiger partial charge in [-0.25, -0.2) is 0 Å². The minimum Gasteiger partial charge on any atom is -0.387 e. The molecule has 2 heterocycles. The number of nitrogens with zero attached hydrogens (tertiary/aromatic N) is 4. The van der Waals surface area contributed by atoms with Gasteiger partial charge in [0.2, 0.25) is 0 Å². The molecular formula is C26H26N4O5. The smallest absolute Gasteiger partial charge is 0.269 e. The van der Waals surface area contributed by atoms with Crippen LogP contribution in [0.2, 0.25) is 0 Å². The summed E-state index contributed by atoms with van der Waals surface area (Å²) in [5.41, 5.74) is 1.79.